The van der Waals surface area contributed by atoms with E-state index in [0.29, 0.717) is 6.07 Å². The minimum absolute atomic E-state index is 0.108. The van der Waals surface area contributed by atoms with E-state index in [1.807, 2.05) is 36.4 Å². The molecule has 2 atom stereocenters. The van der Waals surface area contributed by atoms with Gasteiger partial charge >= 0.3 is 12.3 Å². The van der Waals surface area contributed by atoms with Crippen LogP contribution in [0.15, 0.2) is 66.7 Å². The second-order valence-corrected chi connectivity index (χ2v) is 10.5. The highest BCUT2D eigenvalue weighted by Crippen LogP contribution is 2.45. The number of hydrogen-bond acceptors (Lipinski definition) is 5. The van der Waals surface area contributed by atoms with Crippen LogP contribution in [-0.2, 0) is 15.7 Å². The van der Waals surface area contributed by atoms with E-state index in [2.05, 4.69) is 12.1 Å². The van der Waals surface area contributed by atoms with Crippen molar-refractivity contribution in [2.75, 3.05) is 19.8 Å². The number of ether oxygens (including phenoxy) is 2. The van der Waals surface area contributed by atoms with Crippen molar-refractivity contribution >= 4 is 11.9 Å². The Hall–Kier alpha value is -4.16. The molecule has 6 rings (SSSR count). The van der Waals surface area contributed by atoms with E-state index < -0.39 is 47.2 Å². The monoisotopic (exact) mass is 546 g/mol. The maximum atomic E-state index is 13.7. The maximum Gasteiger partial charge on any atom is 0.417 e. The largest absolute Gasteiger partial charge is 0.448 e. The summed E-state index contributed by atoms with van der Waals surface area (Å²) in [5.74, 6) is -1.46. The molecule has 1 amide bonds. The Morgan fingerprint density at radius 2 is 1.55 bits per heavy atom. The van der Waals surface area contributed by atoms with E-state index in [1.165, 1.54) is 6.07 Å². The Bertz CT molecular complexity index is 1470. The zero-order chi connectivity index (χ0) is 28.0. The lowest BCUT2D eigenvalue weighted by Crippen LogP contribution is -2.60. The van der Waals surface area contributed by atoms with Gasteiger partial charge in [-0.15, -0.1) is 0 Å². The fourth-order valence-electron chi connectivity index (χ4n) is 6.38. The lowest BCUT2D eigenvalue weighted by molar-refractivity contribution is -0.138. The third-order valence-electron chi connectivity index (χ3n) is 8.16. The van der Waals surface area contributed by atoms with Gasteiger partial charge in [-0.05, 0) is 53.3 Å². The predicted octanol–water partition coefficient (Wildman–Crippen LogP) is 6.19. The number of ketones is 1. The molecule has 0 aromatic heterocycles. The molecule has 2 bridgehead atoms. The first-order valence-electron chi connectivity index (χ1n) is 13.1. The number of piperidine rings is 1. The number of nitrogens with zero attached hydrogens (tertiary/aromatic N) is 2. The fourth-order valence-corrected chi connectivity index (χ4v) is 6.38. The molecule has 0 spiro atoms. The molecule has 2 heterocycles. The second kappa shape index (κ2) is 10.1. The van der Waals surface area contributed by atoms with Crippen molar-refractivity contribution < 1.29 is 32.2 Å². The molecule has 40 heavy (non-hydrogen) atoms. The van der Waals surface area contributed by atoms with E-state index in [9.17, 15) is 22.8 Å². The van der Waals surface area contributed by atoms with Crippen molar-refractivity contribution in [3.8, 4) is 17.2 Å². The van der Waals surface area contributed by atoms with Gasteiger partial charge in [0.05, 0.1) is 42.5 Å². The van der Waals surface area contributed by atoms with E-state index in [4.69, 9.17) is 14.7 Å². The smallest absolute Gasteiger partial charge is 0.417 e. The summed E-state index contributed by atoms with van der Waals surface area (Å²) in [4.78, 5) is 28.3. The zero-order valence-electron chi connectivity index (χ0n) is 21.4. The number of amides is 1. The van der Waals surface area contributed by atoms with Crippen LogP contribution in [0.3, 0.4) is 0 Å². The first kappa shape index (κ1) is 26.1. The molecule has 204 valence electrons. The highest BCUT2D eigenvalue weighted by atomic mass is 19.4. The Morgan fingerprint density at radius 1 is 0.950 bits per heavy atom. The van der Waals surface area contributed by atoms with E-state index >= 15 is 0 Å². The molecule has 2 fully saturated rings. The normalized spacial score (nSPS) is 21.8. The van der Waals surface area contributed by atoms with Crippen molar-refractivity contribution in [2.24, 2.45) is 5.92 Å². The SMILES string of the molecule is N#Cc1ccc(C(=O)C2CC3COCC(C2)N3C(=O)OCC2c3ccccc3-c3ccccc32)c(C(F)(F)F)c1. The van der Waals surface area contributed by atoms with Crippen LogP contribution in [0.4, 0.5) is 18.0 Å². The van der Waals surface area contributed by atoms with Gasteiger partial charge in [0.15, 0.2) is 5.78 Å². The minimum Gasteiger partial charge on any atom is -0.448 e. The lowest BCUT2D eigenvalue weighted by Gasteiger charge is -2.47. The van der Waals surface area contributed by atoms with Gasteiger partial charge in [0.25, 0.3) is 0 Å². The number of Topliss-reactive ketones (excluding diaryl/α,β-unsaturated/α-hetero) is 1. The highest BCUT2D eigenvalue weighted by molar-refractivity contribution is 5.99. The molecular weight excluding hydrogens is 521 g/mol. The van der Waals surface area contributed by atoms with Gasteiger partial charge in [0.2, 0.25) is 0 Å². The van der Waals surface area contributed by atoms with Crippen molar-refractivity contribution in [2.45, 2.75) is 37.0 Å². The van der Waals surface area contributed by atoms with Crippen LogP contribution in [0.2, 0.25) is 0 Å². The zero-order valence-corrected chi connectivity index (χ0v) is 21.4. The highest BCUT2D eigenvalue weighted by Gasteiger charge is 2.46. The van der Waals surface area contributed by atoms with Crippen LogP contribution in [0.5, 0.6) is 0 Å². The maximum absolute atomic E-state index is 13.7. The molecule has 3 aromatic rings. The molecule has 0 radical (unpaired) electrons. The Morgan fingerprint density at radius 3 is 2.12 bits per heavy atom. The molecule has 3 aliphatic rings. The molecule has 2 saturated heterocycles. The van der Waals surface area contributed by atoms with Crippen molar-refractivity contribution in [1.82, 2.24) is 4.90 Å². The van der Waals surface area contributed by atoms with E-state index in [1.54, 1.807) is 11.0 Å². The number of benzene rings is 3. The molecule has 1 aliphatic carbocycles. The third-order valence-corrected chi connectivity index (χ3v) is 8.16. The van der Waals surface area contributed by atoms with Crippen LogP contribution in [0.1, 0.15) is 51.4 Å². The van der Waals surface area contributed by atoms with Crippen LogP contribution < -0.4 is 0 Å². The van der Waals surface area contributed by atoms with E-state index in [-0.39, 0.29) is 44.1 Å². The topological polar surface area (TPSA) is 79.6 Å². The van der Waals surface area contributed by atoms with Crippen LogP contribution in [0.25, 0.3) is 11.1 Å². The number of carbonyl (C=O) groups excluding carboxylic acids is 2. The number of fused-ring (bicyclic) bond motifs is 5. The number of hydrogen-bond donors (Lipinski definition) is 0. The van der Waals surface area contributed by atoms with Gasteiger partial charge in [-0.2, -0.15) is 18.4 Å². The summed E-state index contributed by atoms with van der Waals surface area (Å²) in [6, 6.07) is 19.8. The first-order valence-corrected chi connectivity index (χ1v) is 13.1. The quantitative estimate of drug-likeness (QED) is 0.365. The van der Waals surface area contributed by atoms with Gasteiger partial charge in [0, 0.05) is 17.4 Å². The third kappa shape index (κ3) is 4.52. The summed E-state index contributed by atoms with van der Waals surface area (Å²) >= 11 is 0. The Balaban J connectivity index is 1.18. The average Bonchev–Trinajstić information content (AvgIpc) is 3.27. The molecule has 0 saturated carbocycles. The summed E-state index contributed by atoms with van der Waals surface area (Å²) in [5.41, 5.74) is 2.68. The molecule has 2 unspecified atom stereocenters. The molecule has 9 heteroatoms. The number of rotatable bonds is 4. The van der Waals surface area contributed by atoms with Gasteiger partial charge in [-0.25, -0.2) is 4.79 Å². The Labute approximate surface area is 228 Å². The van der Waals surface area contributed by atoms with Crippen LogP contribution >= 0.6 is 0 Å². The predicted molar refractivity (Wildman–Crippen MR) is 139 cm³/mol. The number of nitriles is 1. The standard InChI is InChI=1S/C31H25F3N2O4/c32-31(33,34)28-11-18(14-35)9-10-26(28)29(37)19-12-20-15-39-16-21(13-19)36(20)30(38)40-17-27-24-7-3-1-5-22(24)23-6-2-4-8-25(23)27/h1-11,19-21,27H,12-13,15-17H2. The Kier molecular flexibility index (Phi) is 6.59. The van der Waals surface area contributed by atoms with Crippen LogP contribution in [0, 0.1) is 17.2 Å². The summed E-state index contributed by atoms with van der Waals surface area (Å²) in [6.07, 6.45) is -4.97. The van der Waals surface area contributed by atoms with Crippen molar-refractivity contribution in [1.29, 1.82) is 5.26 Å². The van der Waals surface area contributed by atoms with Crippen molar-refractivity contribution in [3.63, 3.8) is 0 Å². The van der Waals surface area contributed by atoms with Gasteiger partial charge < -0.3 is 9.47 Å². The number of morpholine rings is 1. The fraction of sp³-hybridized carbons (Fsp3) is 0.323. The van der Waals surface area contributed by atoms with Crippen molar-refractivity contribution in [3.05, 3.63) is 94.5 Å². The molecule has 0 N–H and O–H groups in total. The molecule has 2 aliphatic heterocycles. The number of alkyl halides is 3. The molecular formula is C31H25F3N2O4. The van der Waals surface area contributed by atoms with Gasteiger partial charge in [-0.3, -0.25) is 9.69 Å². The first-order chi connectivity index (χ1) is 19.3. The van der Waals surface area contributed by atoms with Gasteiger partial charge in [0.1, 0.15) is 6.61 Å². The molecule has 3 aromatic carbocycles. The lowest BCUT2D eigenvalue weighted by atomic mass is 9.80. The minimum atomic E-state index is -4.78. The van der Waals surface area contributed by atoms with Gasteiger partial charge in [-0.1, -0.05) is 48.5 Å². The number of carbonyl (C=O) groups is 2. The number of halogens is 3. The summed E-state index contributed by atoms with van der Waals surface area (Å²) in [7, 11) is 0. The summed E-state index contributed by atoms with van der Waals surface area (Å²) < 4.78 is 52.7. The second-order valence-electron chi connectivity index (χ2n) is 10.5. The molecule has 6 nitrogen and oxygen atoms in total. The summed E-state index contributed by atoms with van der Waals surface area (Å²) in [6.45, 7) is 0.486. The van der Waals surface area contributed by atoms with E-state index in [0.717, 1.165) is 28.3 Å². The summed E-state index contributed by atoms with van der Waals surface area (Å²) in [5, 5.41) is 9.04. The average molecular weight is 547 g/mol. The van der Waals surface area contributed by atoms with Crippen LogP contribution in [-0.4, -0.2) is 48.7 Å².